The Balaban J connectivity index is 2.16. The molecule has 2 heterocycles. The van der Waals surface area contributed by atoms with Crippen LogP contribution in [0.5, 0.6) is 0 Å². The van der Waals surface area contributed by atoms with Crippen molar-refractivity contribution in [3.8, 4) is 0 Å². The van der Waals surface area contributed by atoms with Crippen molar-refractivity contribution in [3.63, 3.8) is 0 Å². The molecule has 1 atom stereocenters. The molecule has 17 heavy (non-hydrogen) atoms. The van der Waals surface area contributed by atoms with E-state index in [0.29, 0.717) is 0 Å². The van der Waals surface area contributed by atoms with Crippen LogP contribution in [-0.2, 0) is 18.4 Å². The van der Waals surface area contributed by atoms with E-state index in [1.807, 2.05) is 18.7 Å². The first-order valence-electron chi connectivity index (χ1n) is 6.00. The van der Waals surface area contributed by atoms with Crippen molar-refractivity contribution in [1.29, 1.82) is 0 Å². The molecule has 5 heteroatoms. The molecule has 1 aromatic heterocycles. The first-order chi connectivity index (χ1) is 8.13. The molecule has 0 saturated carbocycles. The zero-order chi connectivity index (χ0) is 12.4. The first kappa shape index (κ1) is 12.8. The van der Waals surface area contributed by atoms with E-state index in [1.54, 1.807) is 0 Å². The monoisotopic (exact) mass is 299 g/mol. The van der Waals surface area contributed by atoms with Crippen LogP contribution < -0.4 is 0 Å². The molecule has 2 rings (SSSR count). The second-order valence-corrected chi connectivity index (χ2v) is 5.43. The van der Waals surface area contributed by atoms with Crippen LogP contribution in [0.2, 0.25) is 0 Å². The molecule has 94 valence electrons. The molecule has 1 fully saturated rings. The lowest BCUT2D eigenvalue weighted by molar-refractivity contribution is -0.113. The molecule has 0 radical (unpaired) electrons. The minimum atomic E-state index is 0.0749. The highest BCUT2D eigenvalue weighted by molar-refractivity contribution is 9.10. The number of hydrogen-bond acceptors (Lipinski definition) is 3. The highest BCUT2D eigenvalue weighted by Gasteiger charge is 2.24. The Kier molecular flexibility index (Phi) is 3.99. The lowest BCUT2D eigenvalue weighted by Gasteiger charge is -2.32. The molecule has 0 amide bonds. The predicted molar refractivity (Wildman–Crippen MR) is 69.8 cm³/mol. The number of halogens is 1. The Hall–Kier alpha value is -0.680. The number of carbonyl (C=O) groups excluding carboxylic acids is 1. The Labute approximate surface area is 110 Å². The molecule has 4 nitrogen and oxygen atoms in total. The standard InChI is InChI=1S/C12H18BrN3O/c1-9-12(13)11(15(2)14-9)7-16-6-4-3-5-10(16)8-17/h8,10H,3-7H2,1-2H3. The summed E-state index contributed by atoms with van der Waals surface area (Å²) in [6.07, 6.45) is 4.40. The summed E-state index contributed by atoms with van der Waals surface area (Å²) in [7, 11) is 1.95. The number of hydrogen-bond donors (Lipinski definition) is 0. The van der Waals surface area contributed by atoms with Gasteiger partial charge in [-0.1, -0.05) is 6.42 Å². The fourth-order valence-corrected chi connectivity index (χ4v) is 2.87. The van der Waals surface area contributed by atoms with Crippen LogP contribution in [0.1, 0.15) is 30.7 Å². The lowest BCUT2D eigenvalue weighted by Crippen LogP contribution is -2.40. The SMILES string of the molecule is Cc1nn(C)c(CN2CCCCC2C=O)c1Br. The van der Waals surface area contributed by atoms with Gasteiger partial charge >= 0.3 is 0 Å². The number of carbonyl (C=O) groups is 1. The molecule has 0 spiro atoms. The van der Waals surface area contributed by atoms with Crippen LogP contribution in [0, 0.1) is 6.92 Å². The molecule has 1 saturated heterocycles. The van der Waals surface area contributed by atoms with Crippen LogP contribution in [0.15, 0.2) is 4.47 Å². The Morgan fingerprint density at radius 1 is 1.53 bits per heavy atom. The van der Waals surface area contributed by atoms with Gasteiger partial charge in [0, 0.05) is 13.6 Å². The van der Waals surface area contributed by atoms with E-state index >= 15 is 0 Å². The zero-order valence-electron chi connectivity index (χ0n) is 10.3. The van der Waals surface area contributed by atoms with Gasteiger partial charge in [-0.3, -0.25) is 9.58 Å². The van der Waals surface area contributed by atoms with Gasteiger partial charge in [0.25, 0.3) is 0 Å². The zero-order valence-corrected chi connectivity index (χ0v) is 11.9. The van der Waals surface area contributed by atoms with E-state index in [-0.39, 0.29) is 6.04 Å². The summed E-state index contributed by atoms with van der Waals surface area (Å²) in [6.45, 7) is 3.78. The third-order valence-electron chi connectivity index (χ3n) is 3.44. The van der Waals surface area contributed by atoms with Crippen molar-refractivity contribution < 1.29 is 4.79 Å². The number of aryl methyl sites for hydroxylation is 2. The van der Waals surface area contributed by atoms with Gasteiger partial charge in [-0.15, -0.1) is 0 Å². The fourth-order valence-electron chi connectivity index (χ4n) is 2.41. The second kappa shape index (κ2) is 5.31. The number of nitrogens with zero attached hydrogens (tertiary/aromatic N) is 3. The Morgan fingerprint density at radius 3 is 2.88 bits per heavy atom. The van der Waals surface area contributed by atoms with E-state index in [9.17, 15) is 4.79 Å². The number of aromatic nitrogens is 2. The van der Waals surface area contributed by atoms with Crippen molar-refractivity contribution in [3.05, 3.63) is 15.9 Å². The fraction of sp³-hybridized carbons (Fsp3) is 0.667. The van der Waals surface area contributed by atoms with Gasteiger partial charge in [0.1, 0.15) is 6.29 Å². The second-order valence-electron chi connectivity index (χ2n) is 4.64. The highest BCUT2D eigenvalue weighted by atomic mass is 79.9. The molecule has 0 aromatic carbocycles. The molecular weight excluding hydrogens is 282 g/mol. The normalized spacial score (nSPS) is 21.7. The van der Waals surface area contributed by atoms with Crippen LogP contribution in [0.25, 0.3) is 0 Å². The van der Waals surface area contributed by atoms with Gasteiger partial charge in [0.05, 0.1) is 21.9 Å². The van der Waals surface area contributed by atoms with Gasteiger partial charge in [-0.05, 0) is 42.2 Å². The summed E-state index contributed by atoms with van der Waals surface area (Å²) in [6, 6.07) is 0.0749. The smallest absolute Gasteiger partial charge is 0.137 e. The minimum absolute atomic E-state index is 0.0749. The van der Waals surface area contributed by atoms with Gasteiger partial charge in [-0.25, -0.2) is 0 Å². The summed E-state index contributed by atoms with van der Waals surface area (Å²) in [5.74, 6) is 0. The van der Waals surface area contributed by atoms with Crippen molar-refractivity contribution in [2.45, 2.75) is 38.8 Å². The third-order valence-corrected chi connectivity index (χ3v) is 4.47. The molecule has 1 aromatic rings. The van der Waals surface area contributed by atoms with Gasteiger partial charge in [0.15, 0.2) is 0 Å². The van der Waals surface area contributed by atoms with Crippen LogP contribution in [-0.4, -0.2) is 33.6 Å². The number of likely N-dealkylation sites (tertiary alicyclic amines) is 1. The summed E-state index contributed by atoms with van der Waals surface area (Å²) >= 11 is 3.57. The summed E-state index contributed by atoms with van der Waals surface area (Å²) in [5, 5.41) is 4.38. The van der Waals surface area contributed by atoms with E-state index in [0.717, 1.165) is 48.1 Å². The predicted octanol–water partition coefficient (Wildman–Crippen LogP) is 2.04. The van der Waals surface area contributed by atoms with Gasteiger partial charge in [0.2, 0.25) is 0 Å². The summed E-state index contributed by atoms with van der Waals surface area (Å²) < 4.78 is 2.96. The van der Waals surface area contributed by atoms with Crippen LogP contribution in [0.4, 0.5) is 0 Å². The maximum absolute atomic E-state index is 11.1. The first-order valence-corrected chi connectivity index (χ1v) is 6.80. The van der Waals surface area contributed by atoms with Crippen molar-refractivity contribution >= 4 is 22.2 Å². The summed E-state index contributed by atoms with van der Waals surface area (Å²) in [5.41, 5.74) is 2.15. The van der Waals surface area contributed by atoms with Gasteiger partial charge < -0.3 is 4.79 Å². The minimum Gasteiger partial charge on any atom is -0.302 e. The third kappa shape index (κ3) is 2.60. The quantitative estimate of drug-likeness (QED) is 0.802. The average Bonchev–Trinajstić information content (AvgIpc) is 2.57. The number of piperidine rings is 1. The van der Waals surface area contributed by atoms with E-state index in [1.165, 1.54) is 6.42 Å². The van der Waals surface area contributed by atoms with E-state index in [2.05, 4.69) is 25.9 Å². The topological polar surface area (TPSA) is 38.1 Å². The van der Waals surface area contributed by atoms with Crippen molar-refractivity contribution in [1.82, 2.24) is 14.7 Å². The maximum Gasteiger partial charge on any atom is 0.137 e. The molecule has 0 bridgehead atoms. The molecule has 1 unspecified atom stereocenters. The van der Waals surface area contributed by atoms with Crippen molar-refractivity contribution in [2.75, 3.05) is 6.54 Å². The summed E-state index contributed by atoms with van der Waals surface area (Å²) in [4.78, 5) is 13.3. The number of rotatable bonds is 3. The molecule has 1 aliphatic rings. The maximum atomic E-state index is 11.1. The Morgan fingerprint density at radius 2 is 2.29 bits per heavy atom. The highest BCUT2D eigenvalue weighted by Crippen LogP contribution is 2.24. The average molecular weight is 300 g/mol. The molecule has 0 N–H and O–H groups in total. The molecular formula is C12H18BrN3O. The van der Waals surface area contributed by atoms with E-state index in [4.69, 9.17) is 0 Å². The Bertz CT molecular complexity index is 416. The molecule has 0 aliphatic carbocycles. The lowest BCUT2D eigenvalue weighted by atomic mass is 10.0. The van der Waals surface area contributed by atoms with Crippen molar-refractivity contribution in [2.24, 2.45) is 7.05 Å². The van der Waals surface area contributed by atoms with Gasteiger partial charge in [-0.2, -0.15) is 5.10 Å². The number of aldehydes is 1. The van der Waals surface area contributed by atoms with E-state index < -0.39 is 0 Å². The van der Waals surface area contributed by atoms with Crippen LogP contribution >= 0.6 is 15.9 Å². The largest absolute Gasteiger partial charge is 0.302 e. The van der Waals surface area contributed by atoms with Crippen LogP contribution in [0.3, 0.4) is 0 Å². The molecule has 1 aliphatic heterocycles.